The minimum absolute atomic E-state index is 0.285. The van der Waals surface area contributed by atoms with Crippen molar-refractivity contribution in [3.8, 4) is 0 Å². The van der Waals surface area contributed by atoms with Gasteiger partial charge in [0.2, 0.25) is 5.82 Å². The van der Waals surface area contributed by atoms with Gasteiger partial charge in [0.1, 0.15) is 17.7 Å². The summed E-state index contributed by atoms with van der Waals surface area (Å²) < 4.78 is 40.3. The fourth-order valence-corrected chi connectivity index (χ4v) is 2.82. The molecule has 2 aromatic heterocycles. The zero-order valence-corrected chi connectivity index (χ0v) is 12.0. The monoisotopic (exact) mass is 325 g/mol. The summed E-state index contributed by atoms with van der Waals surface area (Å²) in [5, 5.41) is 4.87. The van der Waals surface area contributed by atoms with Crippen molar-refractivity contribution < 1.29 is 13.2 Å². The number of alkyl halides is 3. The lowest BCUT2D eigenvalue weighted by Crippen LogP contribution is -2.12. The maximum absolute atomic E-state index is 12.9. The molecule has 0 fully saturated rings. The molecule has 0 radical (unpaired) electrons. The largest absolute Gasteiger partial charge is 0.451 e. The third-order valence-corrected chi connectivity index (χ3v) is 3.82. The van der Waals surface area contributed by atoms with Gasteiger partial charge < -0.3 is 0 Å². The first-order valence-electron chi connectivity index (χ1n) is 6.33. The molecule has 3 rings (SSSR count). The highest BCUT2D eigenvalue weighted by molar-refractivity contribution is 7.99. The van der Waals surface area contributed by atoms with E-state index >= 15 is 0 Å². The number of halogens is 3. The summed E-state index contributed by atoms with van der Waals surface area (Å²) in [6.45, 7) is 0.532. The minimum atomic E-state index is -4.56. The SMILES string of the molecule is FC(F)(F)c1nc(SCCn2cncn2)c2ccccc2n1. The molecule has 114 valence electrons. The topological polar surface area (TPSA) is 56.5 Å². The van der Waals surface area contributed by atoms with Crippen molar-refractivity contribution >= 4 is 22.7 Å². The molecule has 0 amide bonds. The van der Waals surface area contributed by atoms with E-state index in [-0.39, 0.29) is 5.52 Å². The first-order chi connectivity index (χ1) is 10.5. The Morgan fingerprint density at radius 3 is 2.68 bits per heavy atom. The average molecular weight is 325 g/mol. The van der Waals surface area contributed by atoms with Crippen molar-refractivity contribution in [2.45, 2.75) is 17.7 Å². The van der Waals surface area contributed by atoms with Crippen LogP contribution in [0.3, 0.4) is 0 Å². The van der Waals surface area contributed by atoms with E-state index in [0.717, 1.165) is 0 Å². The molecule has 0 N–H and O–H groups in total. The first kappa shape index (κ1) is 14.8. The molecule has 9 heteroatoms. The van der Waals surface area contributed by atoms with Gasteiger partial charge in [-0.2, -0.15) is 18.3 Å². The lowest BCUT2D eigenvalue weighted by molar-refractivity contribution is -0.145. The van der Waals surface area contributed by atoms with Gasteiger partial charge in [-0.15, -0.1) is 11.8 Å². The zero-order valence-electron chi connectivity index (χ0n) is 11.2. The lowest BCUT2D eigenvalue weighted by Gasteiger charge is -2.10. The molecule has 0 aliphatic carbocycles. The van der Waals surface area contributed by atoms with Crippen LogP contribution in [0.4, 0.5) is 13.2 Å². The minimum Gasteiger partial charge on any atom is -0.252 e. The molecule has 0 atom stereocenters. The van der Waals surface area contributed by atoms with Gasteiger partial charge in [0.15, 0.2) is 0 Å². The maximum atomic E-state index is 12.9. The van der Waals surface area contributed by atoms with Gasteiger partial charge in [-0.3, -0.25) is 4.68 Å². The first-order valence-corrected chi connectivity index (χ1v) is 7.32. The van der Waals surface area contributed by atoms with Crippen LogP contribution in [0.2, 0.25) is 0 Å². The number of aryl methyl sites for hydroxylation is 1. The van der Waals surface area contributed by atoms with Crippen LogP contribution in [0.25, 0.3) is 10.9 Å². The third kappa shape index (κ3) is 3.19. The van der Waals surface area contributed by atoms with Crippen LogP contribution in [0.1, 0.15) is 5.82 Å². The number of rotatable bonds is 4. The number of para-hydroxylation sites is 1. The normalized spacial score (nSPS) is 12.0. The molecule has 0 saturated heterocycles. The Morgan fingerprint density at radius 1 is 1.14 bits per heavy atom. The summed E-state index contributed by atoms with van der Waals surface area (Å²) >= 11 is 1.24. The Bertz CT molecular complexity index is 773. The van der Waals surface area contributed by atoms with E-state index in [4.69, 9.17) is 0 Å². The van der Waals surface area contributed by atoms with Crippen LogP contribution in [-0.4, -0.2) is 30.5 Å². The van der Waals surface area contributed by atoms with Gasteiger partial charge in [0.05, 0.1) is 12.1 Å². The van der Waals surface area contributed by atoms with Crippen molar-refractivity contribution in [1.29, 1.82) is 0 Å². The molecule has 22 heavy (non-hydrogen) atoms. The number of hydrogen-bond acceptors (Lipinski definition) is 5. The summed E-state index contributed by atoms with van der Waals surface area (Å²) in [6, 6.07) is 6.67. The molecule has 0 unspecified atom stereocenters. The van der Waals surface area contributed by atoms with Crippen LogP contribution in [0.5, 0.6) is 0 Å². The fraction of sp³-hybridized carbons (Fsp3) is 0.231. The Kier molecular flexibility index (Phi) is 3.97. The molecule has 0 bridgehead atoms. The maximum Gasteiger partial charge on any atom is 0.451 e. The molecule has 1 aromatic carbocycles. The number of nitrogens with zero attached hydrogens (tertiary/aromatic N) is 5. The van der Waals surface area contributed by atoms with Gasteiger partial charge in [0, 0.05) is 11.1 Å². The predicted molar refractivity (Wildman–Crippen MR) is 75.3 cm³/mol. The van der Waals surface area contributed by atoms with Gasteiger partial charge >= 0.3 is 6.18 Å². The Balaban J connectivity index is 1.89. The molecular formula is C13H10F3N5S. The quantitative estimate of drug-likeness (QED) is 0.545. The highest BCUT2D eigenvalue weighted by Gasteiger charge is 2.35. The second kappa shape index (κ2) is 5.91. The number of aromatic nitrogens is 5. The zero-order chi connectivity index (χ0) is 15.6. The highest BCUT2D eigenvalue weighted by atomic mass is 32.2. The smallest absolute Gasteiger partial charge is 0.252 e. The van der Waals surface area contributed by atoms with Gasteiger partial charge in [-0.05, 0) is 6.07 Å². The molecule has 0 aliphatic heterocycles. The molecule has 5 nitrogen and oxygen atoms in total. The standard InChI is InChI=1S/C13H10F3N5S/c14-13(15,16)12-19-10-4-2-1-3-9(10)11(20-12)22-6-5-21-8-17-7-18-21/h1-4,7-8H,5-6H2. The van der Waals surface area contributed by atoms with Gasteiger partial charge in [-0.25, -0.2) is 15.0 Å². The summed E-state index contributed by atoms with van der Waals surface area (Å²) in [6.07, 6.45) is -1.60. The molecular weight excluding hydrogens is 315 g/mol. The van der Waals surface area contributed by atoms with E-state index in [0.29, 0.717) is 22.7 Å². The van der Waals surface area contributed by atoms with E-state index in [9.17, 15) is 13.2 Å². The highest BCUT2D eigenvalue weighted by Crippen LogP contribution is 2.31. The third-order valence-electron chi connectivity index (χ3n) is 2.85. The van der Waals surface area contributed by atoms with Crippen LogP contribution in [0, 0.1) is 0 Å². The number of thioether (sulfide) groups is 1. The van der Waals surface area contributed by atoms with Crippen molar-refractivity contribution in [2.24, 2.45) is 0 Å². The summed E-state index contributed by atoms with van der Waals surface area (Å²) in [5.74, 6) is -0.587. The Morgan fingerprint density at radius 2 is 1.95 bits per heavy atom. The average Bonchev–Trinajstić information content (AvgIpc) is 2.99. The summed E-state index contributed by atoms with van der Waals surface area (Å²) in [5.41, 5.74) is 0.285. The molecule has 3 aromatic rings. The summed E-state index contributed by atoms with van der Waals surface area (Å²) in [4.78, 5) is 11.1. The van der Waals surface area contributed by atoms with Gasteiger partial charge in [-0.1, -0.05) is 18.2 Å². The second-order valence-electron chi connectivity index (χ2n) is 4.37. The van der Waals surface area contributed by atoms with Crippen LogP contribution >= 0.6 is 11.8 Å². The van der Waals surface area contributed by atoms with Gasteiger partial charge in [0.25, 0.3) is 0 Å². The van der Waals surface area contributed by atoms with E-state index in [2.05, 4.69) is 20.1 Å². The van der Waals surface area contributed by atoms with Crippen LogP contribution in [-0.2, 0) is 12.7 Å². The Hall–Kier alpha value is -2.16. The molecule has 0 saturated carbocycles. The lowest BCUT2D eigenvalue weighted by atomic mass is 10.2. The fourth-order valence-electron chi connectivity index (χ4n) is 1.87. The summed E-state index contributed by atoms with van der Waals surface area (Å²) in [7, 11) is 0. The van der Waals surface area contributed by atoms with E-state index < -0.39 is 12.0 Å². The number of fused-ring (bicyclic) bond motifs is 1. The molecule has 2 heterocycles. The second-order valence-corrected chi connectivity index (χ2v) is 5.46. The van der Waals surface area contributed by atoms with Crippen molar-refractivity contribution in [3.63, 3.8) is 0 Å². The number of hydrogen-bond donors (Lipinski definition) is 0. The molecule has 0 spiro atoms. The van der Waals surface area contributed by atoms with E-state index in [1.807, 2.05) is 0 Å². The van der Waals surface area contributed by atoms with Crippen molar-refractivity contribution in [2.75, 3.05) is 5.75 Å². The Labute approximate surface area is 127 Å². The molecule has 0 aliphatic rings. The van der Waals surface area contributed by atoms with E-state index in [1.54, 1.807) is 35.3 Å². The van der Waals surface area contributed by atoms with Crippen LogP contribution < -0.4 is 0 Å². The predicted octanol–water partition coefficient (Wildman–Crippen LogP) is 3.03. The van der Waals surface area contributed by atoms with E-state index in [1.165, 1.54) is 18.1 Å². The van der Waals surface area contributed by atoms with Crippen molar-refractivity contribution in [1.82, 2.24) is 24.7 Å². The van der Waals surface area contributed by atoms with Crippen molar-refractivity contribution in [3.05, 3.63) is 42.7 Å². The van der Waals surface area contributed by atoms with Crippen LogP contribution in [0.15, 0.2) is 41.9 Å². The number of benzene rings is 1.